The van der Waals surface area contributed by atoms with Crippen LogP contribution in [0.3, 0.4) is 0 Å². The normalized spacial score (nSPS) is 10.4. The van der Waals surface area contributed by atoms with E-state index in [1.54, 1.807) is 11.3 Å². The molecule has 1 aromatic heterocycles. The van der Waals surface area contributed by atoms with E-state index in [9.17, 15) is 0 Å². The molecule has 1 heterocycles. The van der Waals surface area contributed by atoms with E-state index in [0.717, 1.165) is 27.3 Å². The van der Waals surface area contributed by atoms with Crippen molar-refractivity contribution in [2.45, 2.75) is 19.3 Å². The fourth-order valence-corrected chi connectivity index (χ4v) is 2.20. The molecular weight excluding hydrogens is 275 g/mol. The standard InChI is InChI=1S/C6H9IN2OS/c7-6-9-8-5(11-6)3-1-2-4-10/h10H,1-4H2. The highest BCUT2D eigenvalue weighted by atomic mass is 127. The molecule has 11 heavy (non-hydrogen) atoms. The van der Waals surface area contributed by atoms with Crippen LogP contribution in [-0.2, 0) is 6.42 Å². The van der Waals surface area contributed by atoms with Crippen molar-refractivity contribution in [1.82, 2.24) is 10.2 Å². The zero-order valence-electron chi connectivity index (χ0n) is 5.96. The number of rotatable bonds is 4. The van der Waals surface area contributed by atoms with Crippen molar-refractivity contribution in [3.63, 3.8) is 0 Å². The Morgan fingerprint density at radius 3 is 2.73 bits per heavy atom. The van der Waals surface area contributed by atoms with Crippen molar-refractivity contribution >= 4 is 33.9 Å². The van der Waals surface area contributed by atoms with Crippen LogP contribution in [0.5, 0.6) is 0 Å². The first kappa shape index (κ1) is 9.34. The summed E-state index contributed by atoms with van der Waals surface area (Å²) in [5.74, 6) is 0. The molecule has 0 aliphatic carbocycles. The summed E-state index contributed by atoms with van der Waals surface area (Å²) < 4.78 is 0.988. The Bertz CT molecular complexity index is 216. The molecule has 0 saturated carbocycles. The van der Waals surface area contributed by atoms with Crippen LogP contribution in [0.1, 0.15) is 17.8 Å². The van der Waals surface area contributed by atoms with Crippen LogP contribution in [0.25, 0.3) is 0 Å². The molecule has 0 radical (unpaired) electrons. The summed E-state index contributed by atoms with van der Waals surface area (Å²) >= 11 is 3.78. The van der Waals surface area contributed by atoms with Crippen LogP contribution >= 0.6 is 33.9 Å². The summed E-state index contributed by atoms with van der Waals surface area (Å²) in [4.78, 5) is 0. The van der Waals surface area contributed by atoms with Gasteiger partial charge < -0.3 is 5.11 Å². The van der Waals surface area contributed by atoms with Crippen LogP contribution in [-0.4, -0.2) is 21.9 Å². The van der Waals surface area contributed by atoms with Gasteiger partial charge in [-0.1, -0.05) is 11.3 Å². The Balaban J connectivity index is 2.27. The van der Waals surface area contributed by atoms with Crippen LogP contribution in [0.2, 0.25) is 0 Å². The highest BCUT2D eigenvalue weighted by Crippen LogP contribution is 2.13. The maximum absolute atomic E-state index is 8.52. The molecule has 0 fully saturated rings. The summed E-state index contributed by atoms with van der Waals surface area (Å²) in [6, 6.07) is 0. The zero-order chi connectivity index (χ0) is 8.10. The fraction of sp³-hybridized carbons (Fsp3) is 0.667. The van der Waals surface area contributed by atoms with Crippen LogP contribution in [0, 0.1) is 3.01 Å². The Hall–Kier alpha value is 0.250. The molecule has 0 spiro atoms. The highest BCUT2D eigenvalue weighted by molar-refractivity contribution is 14.1. The fourth-order valence-electron chi connectivity index (χ4n) is 0.722. The van der Waals surface area contributed by atoms with E-state index in [1.807, 2.05) is 0 Å². The molecule has 3 nitrogen and oxygen atoms in total. The van der Waals surface area contributed by atoms with Crippen LogP contribution in [0.4, 0.5) is 0 Å². The lowest BCUT2D eigenvalue weighted by molar-refractivity contribution is 0.284. The predicted molar refractivity (Wildman–Crippen MR) is 52.6 cm³/mol. The van der Waals surface area contributed by atoms with Gasteiger partial charge in [0.25, 0.3) is 0 Å². The minimum atomic E-state index is 0.274. The lowest BCUT2D eigenvalue weighted by Gasteiger charge is -1.91. The van der Waals surface area contributed by atoms with Gasteiger partial charge in [-0.05, 0) is 35.4 Å². The third-order valence-corrected chi connectivity index (χ3v) is 2.89. The molecule has 62 valence electrons. The number of hydrogen-bond donors (Lipinski definition) is 1. The van der Waals surface area contributed by atoms with E-state index < -0.39 is 0 Å². The van der Waals surface area contributed by atoms with E-state index in [-0.39, 0.29) is 6.61 Å². The van der Waals surface area contributed by atoms with Gasteiger partial charge in [0, 0.05) is 13.0 Å². The van der Waals surface area contributed by atoms with Gasteiger partial charge in [0.1, 0.15) is 5.01 Å². The van der Waals surface area contributed by atoms with Gasteiger partial charge >= 0.3 is 0 Å². The van der Waals surface area contributed by atoms with Crippen molar-refractivity contribution < 1.29 is 5.11 Å². The molecule has 0 aliphatic heterocycles. The smallest absolute Gasteiger partial charge is 0.178 e. The van der Waals surface area contributed by atoms with Crippen LogP contribution < -0.4 is 0 Å². The van der Waals surface area contributed by atoms with E-state index in [1.165, 1.54) is 0 Å². The van der Waals surface area contributed by atoms with Crippen molar-refractivity contribution in [3.8, 4) is 0 Å². The summed E-state index contributed by atoms with van der Waals surface area (Å²) in [5.41, 5.74) is 0. The van der Waals surface area contributed by atoms with Gasteiger partial charge in [-0.2, -0.15) is 0 Å². The highest BCUT2D eigenvalue weighted by Gasteiger charge is 1.99. The minimum absolute atomic E-state index is 0.274. The number of halogens is 1. The topological polar surface area (TPSA) is 46.0 Å². The third-order valence-electron chi connectivity index (χ3n) is 1.24. The monoisotopic (exact) mass is 284 g/mol. The van der Waals surface area contributed by atoms with Crippen molar-refractivity contribution in [1.29, 1.82) is 0 Å². The zero-order valence-corrected chi connectivity index (χ0v) is 8.93. The van der Waals surface area contributed by atoms with Crippen LogP contribution in [0.15, 0.2) is 0 Å². The SMILES string of the molecule is OCCCCc1nnc(I)s1. The summed E-state index contributed by atoms with van der Waals surface area (Å²) in [7, 11) is 0. The second kappa shape index (κ2) is 5.00. The molecule has 1 rings (SSSR count). The summed E-state index contributed by atoms with van der Waals surface area (Å²) in [6.07, 6.45) is 2.80. The van der Waals surface area contributed by atoms with Crippen molar-refractivity contribution in [2.75, 3.05) is 6.61 Å². The Morgan fingerprint density at radius 2 is 2.18 bits per heavy atom. The Morgan fingerprint density at radius 1 is 1.36 bits per heavy atom. The number of aliphatic hydroxyl groups excluding tert-OH is 1. The molecule has 0 saturated heterocycles. The second-order valence-electron chi connectivity index (χ2n) is 2.13. The molecule has 0 aromatic carbocycles. The van der Waals surface area contributed by atoms with Gasteiger partial charge in [-0.25, -0.2) is 0 Å². The molecule has 1 N–H and O–H groups in total. The molecule has 0 amide bonds. The predicted octanol–water partition coefficient (Wildman–Crippen LogP) is 1.46. The van der Waals surface area contributed by atoms with E-state index in [0.29, 0.717) is 0 Å². The number of aromatic nitrogens is 2. The first-order valence-corrected chi connectivity index (χ1v) is 5.31. The maximum atomic E-state index is 8.52. The number of nitrogens with zero attached hydrogens (tertiary/aromatic N) is 2. The number of aryl methyl sites for hydroxylation is 1. The first-order chi connectivity index (χ1) is 5.33. The lowest BCUT2D eigenvalue weighted by atomic mass is 10.2. The average Bonchev–Trinajstić information content (AvgIpc) is 2.37. The van der Waals surface area contributed by atoms with Gasteiger partial charge in [0.15, 0.2) is 3.01 Å². The number of aliphatic hydroxyl groups is 1. The van der Waals surface area contributed by atoms with Crippen molar-refractivity contribution in [2.24, 2.45) is 0 Å². The Kier molecular flexibility index (Phi) is 4.24. The number of hydrogen-bond acceptors (Lipinski definition) is 4. The quantitative estimate of drug-likeness (QED) is 0.672. The molecule has 0 unspecified atom stereocenters. The van der Waals surface area contributed by atoms with E-state index in [4.69, 9.17) is 5.11 Å². The van der Waals surface area contributed by atoms with Gasteiger partial charge in [-0.3, -0.25) is 0 Å². The molecule has 0 aliphatic rings. The molecule has 1 aromatic rings. The average molecular weight is 284 g/mol. The van der Waals surface area contributed by atoms with Gasteiger partial charge in [0.2, 0.25) is 0 Å². The number of unbranched alkanes of at least 4 members (excludes halogenated alkanes) is 1. The molecule has 5 heteroatoms. The van der Waals surface area contributed by atoms with E-state index in [2.05, 4.69) is 32.8 Å². The minimum Gasteiger partial charge on any atom is -0.396 e. The maximum Gasteiger partial charge on any atom is 0.178 e. The Labute approximate surface area is 83.0 Å². The largest absolute Gasteiger partial charge is 0.396 e. The molecule has 0 bridgehead atoms. The molecule has 0 atom stereocenters. The van der Waals surface area contributed by atoms with Crippen molar-refractivity contribution in [3.05, 3.63) is 8.02 Å². The van der Waals surface area contributed by atoms with Gasteiger partial charge in [-0.15, -0.1) is 10.2 Å². The van der Waals surface area contributed by atoms with Gasteiger partial charge in [0.05, 0.1) is 0 Å². The second-order valence-corrected chi connectivity index (χ2v) is 4.95. The third kappa shape index (κ3) is 3.44. The lowest BCUT2D eigenvalue weighted by Crippen LogP contribution is -1.87. The molecular formula is C6H9IN2OS. The van der Waals surface area contributed by atoms with E-state index >= 15 is 0 Å². The summed E-state index contributed by atoms with van der Waals surface area (Å²) in [6.45, 7) is 0.274. The summed E-state index contributed by atoms with van der Waals surface area (Å²) in [5, 5.41) is 17.4. The first-order valence-electron chi connectivity index (χ1n) is 3.41.